The number of nitrogens with zero attached hydrogens (tertiary/aromatic N) is 1. The number of hydrogen-bond acceptors (Lipinski definition) is 2. The fourth-order valence-electron chi connectivity index (χ4n) is 2.15. The normalized spacial score (nSPS) is 14.9. The number of hydrogen-bond donors (Lipinski definition) is 0. The summed E-state index contributed by atoms with van der Waals surface area (Å²) in [6, 6.07) is 8.64. The molecule has 1 aromatic carbocycles. The van der Waals surface area contributed by atoms with Crippen LogP contribution in [0.4, 0.5) is 5.69 Å². The number of carbonyl (C=O) groups is 1. The molecule has 0 atom stereocenters. The molecule has 2 rings (SSSR count). The highest BCUT2D eigenvalue weighted by molar-refractivity contribution is 5.99. The van der Waals surface area contributed by atoms with Crippen molar-refractivity contribution in [3.63, 3.8) is 0 Å². The van der Waals surface area contributed by atoms with Crippen LogP contribution in [0.1, 0.15) is 43.5 Å². The second-order valence-electron chi connectivity index (χ2n) is 4.50. The standard InChI is InChI=1S/C14H19NO/c1-3-10-15(12-8-9-12)14-7-5-4-6-13(14)11(2)16/h4-7,12H,3,8-10H2,1-2H3. The largest absolute Gasteiger partial charge is 0.368 e. The maximum atomic E-state index is 11.6. The number of para-hydroxylation sites is 1. The van der Waals surface area contributed by atoms with Crippen molar-refractivity contribution in [2.75, 3.05) is 11.4 Å². The molecule has 0 spiro atoms. The first kappa shape index (κ1) is 11.2. The van der Waals surface area contributed by atoms with Crippen LogP contribution >= 0.6 is 0 Å². The van der Waals surface area contributed by atoms with E-state index in [0.29, 0.717) is 6.04 Å². The molecule has 1 aliphatic rings. The van der Waals surface area contributed by atoms with Crippen LogP contribution in [0.15, 0.2) is 24.3 Å². The maximum absolute atomic E-state index is 11.6. The second-order valence-corrected chi connectivity index (χ2v) is 4.50. The van der Waals surface area contributed by atoms with Crippen molar-refractivity contribution < 1.29 is 4.79 Å². The number of carbonyl (C=O) groups excluding carboxylic acids is 1. The summed E-state index contributed by atoms with van der Waals surface area (Å²) in [4.78, 5) is 14.0. The Morgan fingerprint density at radius 1 is 1.38 bits per heavy atom. The molecule has 0 bridgehead atoms. The first-order valence-corrected chi connectivity index (χ1v) is 6.10. The third kappa shape index (κ3) is 2.26. The molecular weight excluding hydrogens is 198 g/mol. The number of rotatable bonds is 5. The van der Waals surface area contributed by atoms with Gasteiger partial charge in [0, 0.05) is 23.8 Å². The molecule has 2 nitrogen and oxygen atoms in total. The van der Waals surface area contributed by atoms with Gasteiger partial charge in [-0.1, -0.05) is 19.1 Å². The number of Topliss-reactive ketones (excluding diaryl/α,β-unsaturated/α-hetero) is 1. The lowest BCUT2D eigenvalue weighted by molar-refractivity contribution is 0.101. The van der Waals surface area contributed by atoms with Gasteiger partial charge in [-0.05, 0) is 38.3 Å². The zero-order valence-electron chi connectivity index (χ0n) is 10.1. The third-order valence-electron chi connectivity index (χ3n) is 3.04. The molecule has 0 amide bonds. The molecule has 0 aliphatic heterocycles. The predicted octanol–water partition coefficient (Wildman–Crippen LogP) is 3.27. The van der Waals surface area contributed by atoms with Gasteiger partial charge >= 0.3 is 0 Å². The summed E-state index contributed by atoms with van der Waals surface area (Å²) in [5.74, 6) is 0.164. The van der Waals surface area contributed by atoms with E-state index < -0.39 is 0 Å². The lowest BCUT2D eigenvalue weighted by Gasteiger charge is -2.26. The Bertz CT molecular complexity index is 382. The van der Waals surface area contributed by atoms with Gasteiger partial charge in [0.15, 0.2) is 5.78 Å². The number of benzene rings is 1. The van der Waals surface area contributed by atoms with Crippen molar-refractivity contribution in [1.82, 2.24) is 0 Å². The Morgan fingerprint density at radius 3 is 2.62 bits per heavy atom. The van der Waals surface area contributed by atoms with Crippen LogP contribution in [-0.2, 0) is 0 Å². The molecular formula is C14H19NO. The van der Waals surface area contributed by atoms with E-state index in [1.165, 1.54) is 12.8 Å². The molecule has 0 unspecified atom stereocenters. The molecule has 1 saturated carbocycles. The third-order valence-corrected chi connectivity index (χ3v) is 3.04. The Morgan fingerprint density at radius 2 is 2.06 bits per heavy atom. The number of ketones is 1. The van der Waals surface area contributed by atoms with Gasteiger partial charge in [-0.15, -0.1) is 0 Å². The minimum absolute atomic E-state index is 0.164. The van der Waals surface area contributed by atoms with E-state index in [4.69, 9.17) is 0 Å². The van der Waals surface area contributed by atoms with Crippen LogP contribution in [-0.4, -0.2) is 18.4 Å². The van der Waals surface area contributed by atoms with Gasteiger partial charge in [0.2, 0.25) is 0 Å². The quantitative estimate of drug-likeness (QED) is 0.705. The fourth-order valence-corrected chi connectivity index (χ4v) is 2.15. The van der Waals surface area contributed by atoms with Crippen molar-refractivity contribution in [3.8, 4) is 0 Å². The zero-order chi connectivity index (χ0) is 11.5. The monoisotopic (exact) mass is 217 g/mol. The van der Waals surface area contributed by atoms with Gasteiger partial charge in [0.05, 0.1) is 0 Å². The van der Waals surface area contributed by atoms with Gasteiger partial charge in [0.1, 0.15) is 0 Å². The van der Waals surface area contributed by atoms with Crippen LogP contribution < -0.4 is 4.90 Å². The maximum Gasteiger partial charge on any atom is 0.161 e. The van der Waals surface area contributed by atoms with E-state index >= 15 is 0 Å². The SMILES string of the molecule is CCCN(c1ccccc1C(C)=O)C1CC1. The van der Waals surface area contributed by atoms with Crippen molar-refractivity contribution in [1.29, 1.82) is 0 Å². The Balaban J connectivity index is 2.32. The predicted molar refractivity (Wildman–Crippen MR) is 67.1 cm³/mol. The molecule has 0 saturated heterocycles. The van der Waals surface area contributed by atoms with E-state index in [-0.39, 0.29) is 5.78 Å². The summed E-state index contributed by atoms with van der Waals surface area (Å²) >= 11 is 0. The van der Waals surface area contributed by atoms with Gasteiger partial charge in [0.25, 0.3) is 0 Å². The molecule has 1 fully saturated rings. The highest BCUT2D eigenvalue weighted by atomic mass is 16.1. The van der Waals surface area contributed by atoms with Crippen LogP contribution in [0.2, 0.25) is 0 Å². The van der Waals surface area contributed by atoms with Crippen molar-refractivity contribution in [2.45, 2.75) is 39.2 Å². The van der Waals surface area contributed by atoms with Crippen molar-refractivity contribution >= 4 is 11.5 Å². The minimum Gasteiger partial charge on any atom is -0.368 e. The molecule has 2 heteroatoms. The molecule has 0 heterocycles. The van der Waals surface area contributed by atoms with Crippen molar-refractivity contribution in [3.05, 3.63) is 29.8 Å². The molecule has 0 N–H and O–H groups in total. The zero-order valence-corrected chi connectivity index (χ0v) is 10.1. The van der Waals surface area contributed by atoms with E-state index in [1.54, 1.807) is 6.92 Å². The van der Waals surface area contributed by atoms with Crippen LogP contribution in [0.5, 0.6) is 0 Å². The van der Waals surface area contributed by atoms with E-state index in [2.05, 4.69) is 17.9 Å². The summed E-state index contributed by atoms with van der Waals surface area (Å²) in [7, 11) is 0. The lowest BCUT2D eigenvalue weighted by atomic mass is 10.1. The van der Waals surface area contributed by atoms with E-state index in [0.717, 1.165) is 24.2 Å². The lowest BCUT2D eigenvalue weighted by Crippen LogP contribution is -2.27. The Labute approximate surface area is 97.3 Å². The molecule has 1 aliphatic carbocycles. The minimum atomic E-state index is 0.164. The molecule has 86 valence electrons. The summed E-state index contributed by atoms with van der Waals surface area (Å²) in [6.07, 6.45) is 3.67. The first-order chi connectivity index (χ1) is 7.74. The fraction of sp³-hybridized carbons (Fsp3) is 0.500. The number of anilines is 1. The molecule has 16 heavy (non-hydrogen) atoms. The second kappa shape index (κ2) is 4.69. The van der Waals surface area contributed by atoms with E-state index in [9.17, 15) is 4.79 Å². The molecule has 1 aromatic rings. The van der Waals surface area contributed by atoms with Gasteiger partial charge in [-0.3, -0.25) is 4.79 Å². The van der Waals surface area contributed by atoms with E-state index in [1.807, 2.05) is 18.2 Å². The summed E-state index contributed by atoms with van der Waals surface area (Å²) in [5.41, 5.74) is 1.99. The van der Waals surface area contributed by atoms with Crippen LogP contribution in [0.3, 0.4) is 0 Å². The first-order valence-electron chi connectivity index (χ1n) is 6.10. The van der Waals surface area contributed by atoms with Gasteiger partial charge in [-0.25, -0.2) is 0 Å². The van der Waals surface area contributed by atoms with Crippen LogP contribution in [0.25, 0.3) is 0 Å². The summed E-state index contributed by atoms with van der Waals surface area (Å²) < 4.78 is 0. The van der Waals surface area contributed by atoms with Gasteiger partial charge < -0.3 is 4.90 Å². The van der Waals surface area contributed by atoms with Crippen molar-refractivity contribution in [2.24, 2.45) is 0 Å². The van der Waals surface area contributed by atoms with Gasteiger partial charge in [-0.2, -0.15) is 0 Å². The van der Waals surface area contributed by atoms with Crippen LogP contribution in [0, 0.1) is 0 Å². The summed E-state index contributed by atoms with van der Waals surface area (Å²) in [5, 5.41) is 0. The average molecular weight is 217 g/mol. The summed E-state index contributed by atoms with van der Waals surface area (Å²) in [6.45, 7) is 4.89. The topological polar surface area (TPSA) is 20.3 Å². The molecule has 0 radical (unpaired) electrons. The molecule has 0 aromatic heterocycles. The average Bonchev–Trinajstić information content (AvgIpc) is 3.10. The Kier molecular flexibility index (Phi) is 3.28. The highest BCUT2D eigenvalue weighted by Gasteiger charge is 2.30. The smallest absolute Gasteiger partial charge is 0.161 e. The Hall–Kier alpha value is -1.31. The highest BCUT2D eigenvalue weighted by Crippen LogP contribution is 2.33.